The molecule has 6 nitrogen and oxygen atoms in total. The van der Waals surface area contributed by atoms with Crippen LogP contribution in [0.5, 0.6) is 0 Å². The van der Waals surface area contributed by atoms with E-state index in [0.717, 1.165) is 16.9 Å². The fraction of sp³-hybridized carbons (Fsp3) is 0.214. The van der Waals surface area contributed by atoms with Crippen molar-refractivity contribution in [2.45, 2.75) is 10.9 Å². The Hall–Kier alpha value is -1.83. The van der Waals surface area contributed by atoms with E-state index >= 15 is 0 Å². The Morgan fingerprint density at radius 3 is 3.05 bits per heavy atom. The zero-order valence-corrected chi connectivity index (χ0v) is 13.2. The highest BCUT2D eigenvalue weighted by molar-refractivity contribution is 7.98. The van der Waals surface area contributed by atoms with Crippen molar-refractivity contribution in [1.29, 1.82) is 0 Å². The average Bonchev–Trinajstić information content (AvgIpc) is 2.93. The van der Waals surface area contributed by atoms with Crippen molar-refractivity contribution in [2.75, 3.05) is 18.5 Å². The highest BCUT2D eigenvalue weighted by atomic mass is 35.5. The number of hydrogen-bond donors (Lipinski definition) is 3. The first-order chi connectivity index (χ1) is 10.7. The molecule has 0 aliphatic carbocycles. The van der Waals surface area contributed by atoms with Gasteiger partial charge in [-0.2, -0.15) is 0 Å². The SMILES string of the molecule is OCCNc1ccnc(SCc2nc3ccc(Cl)cc3[nH]2)n1. The third-order valence-electron chi connectivity index (χ3n) is 2.88. The summed E-state index contributed by atoms with van der Waals surface area (Å²) < 4.78 is 0. The Balaban J connectivity index is 1.68. The molecule has 0 aliphatic heterocycles. The van der Waals surface area contributed by atoms with Gasteiger partial charge in [-0.1, -0.05) is 23.4 Å². The van der Waals surface area contributed by atoms with E-state index in [0.29, 0.717) is 28.3 Å². The molecular weight excluding hydrogens is 322 g/mol. The molecule has 0 atom stereocenters. The number of aromatic amines is 1. The van der Waals surface area contributed by atoms with Crippen molar-refractivity contribution in [3.05, 3.63) is 41.3 Å². The van der Waals surface area contributed by atoms with Crippen LogP contribution in [0.2, 0.25) is 5.02 Å². The van der Waals surface area contributed by atoms with Crippen molar-refractivity contribution in [2.24, 2.45) is 0 Å². The smallest absolute Gasteiger partial charge is 0.189 e. The van der Waals surface area contributed by atoms with Crippen molar-refractivity contribution < 1.29 is 5.11 Å². The van der Waals surface area contributed by atoms with E-state index in [1.54, 1.807) is 12.3 Å². The van der Waals surface area contributed by atoms with Crippen molar-refractivity contribution >= 4 is 40.2 Å². The molecule has 8 heteroatoms. The largest absolute Gasteiger partial charge is 0.395 e. The lowest BCUT2D eigenvalue weighted by Crippen LogP contribution is -2.07. The van der Waals surface area contributed by atoms with E-state index in [1.807, 2.05) is 18.2 Å². The number of anilines is 1. The van der Waals surface area contributed by atoms with Crippen LogP contribution in [0.3, 0.4) is 0 Å². The van der Waals surface area contributed by atoms with Crippen LogP contribution in [0.15, 0.2) is 35.6 Å². The number of halogens is 1. The fourth-order valence-electron chi connectivity index (χ4n) is 1.93. The quantitative estimate of drug-likeness (QED) is 0.474. The van der Waals surface area contributed by atoms with E-state index in [1.165, 1.54) is 11.8 Å². The number of nitrogens with zero attached hydrogens (tertiary/aromatic N) is 3. The lowest BCUT2D eigenvalue weighted by atomic mass is 10.3. The zero-order valence-electron chi connectivity index (χ0n) is 11.6. The van der Waals surface area contributed by atoms with Crippen molar-refractivity contribution in [3.63, 3.8) is 0 Å². The van der Waals surface area contributed by atoms with Gasteiger partial charge in [0.05, 0.1) is 23.4 Å². The van der Waals surface area contributed by atoms with Crippen LogP contribution < -0.4 is 5.32 Å². The number of benzene rings is 1. The van der Waals surface area contributed by atoms with Gasteiger partial charge in [-0.15, -0.1) is 0 Å². The zero-order chi connectivity index (χ0) is 15.4. The van der Waals surface area contributed by atoms with Crippen LogP contribution in [-0.2, 0) is 5.75 Å². The summed E-state index contributed by atoms with van der Waals surface area (Å²) in [5, 5.41) is 13.1. The normalized spacial score (nSPS) is 11.0. The Kier molecular flexibility index (Phi) is 4.77. The van der Waals surface area contributed by atoms with Crippen LogP contribution in [-0.4, -0.2) is 38.2 Å². The van der Waals surface area contributed by atoms with E-state index in [-0.39, 0.29) is 6.61 Å². The summed E-state index contributed by atoms with van der Waals surface area (Å²) in [7, 11) is 0. The van der Waals surface area contributed by atoms with Crippen molar-refractivity contribution in [1.82, 2.24) is 19.9 Å². The lowest BCUT2D eigenvalue weighted by molar-refractivity contribution is 0.311. The second-order valence-electron chi connectivity index (χ2n) is 4.51. The van der Waals surface area contributed by atoms with Crippen LogP contribution in [0.25, 0.3) is 11.0 Å². The average molecular weight is 336 g/mol. The van der Waals surface area contributed by atoms with E-state index in [4.69, 9.17) is 16.7 Å². The summed E-state index contributed by atoms with van der Waals surface area (Å²) in [6, 6.07) is 7.33. The van der Waals surface area contributed by atoms with Gasteiger partial charge in [-0.3, -0.25) is 0 Å². The Bertz CT molecular complexity index is 779. The number of nitrogens with one attached hydrogen (secondary N) is 2. The van der Waals surface area contributed by atoms with Gasteiger partial charge in [0.2, 0.25) is 0 Å². The molecule has 2 heterocycles. The third-order valence-corrected chi connectivity index (χ3v) is 3.99. The first-order valence-corrected chi connectivity index (χ1v) is 8.05. The minimum Gasteiger partial charge on any atom is -0.395 e. The van der Waals surface area contributed by atoms with Gasteiger partial charge in [0.15, 0.2) is 5.16 Å². The molecule has 114 valence electrons. The maximum absolute atomic E-state index is 8.80. The van der Waals surface area contributed by atoms with Gasteiger partial charge < -0.3 is 15.4 Å². The second-order valence-corrected chi connectivity index (χ2v) is 5.89. The molecule has 0 saturated heterocycles. The van der Waals surface area contributed by atoms with E-state index in [2.05, 4.69) is 25.3 Å². The Morgan fingerprint density at radius 1 is 1.27 bits per heavy atom. The Labute approximate surface area is 136 Å². The number of rotatable bonds is 6. The minimum atomic E-state index is 0.0635. The molecule has 22 heavy (non-hydrogen) atoms. The molecule has 2 aromatic heterocycles. The molecular formula is C14H14ClN5OS. The molecule has 0 bridgehead atoms. The number of aliphatic hydroxyl groups is 1. The molecule has 0 spiro atoms. The van der Waals surface area contributed by atoms with Crippen LogP contribution >= 0.6 is 23.4 Å². The number of thioether (sulfide) groups is 1. The number of hydrogen-bond acceptors (Lipinski definition) is 6. The molecule has 1 aromatic carbocycles. The lowest BCUT2D eigenvalue weighted by Gasteiger charge is -2.04. The maximum Gasteiger partial charge on any atom is 0.189 e. The predicted octanol–water partition coefficient (Wildman–Crippen LogP) is 2.70. The summed E-state index contributed by atoms with van der Waals surface area (Å²) in [5.74, 6) is 2.18. The monoisotopic (exact) mass is 335 g/mol. The molecule has 3 aromatic rings. The minimum absolute atomic E-state index is 0.0635. The van der Waals surface area contributed by atoms with Gasteiger partial charge in [0.25, 0.3) is 0 Å². The summed E-state index contributed by atoms with van der Waals surface area (Å²) in [6.07, 6.45) is 1.69. The molecule has 0 radical (unpaired) electrons. The second kappa shape index (κ2) is 6.95. The van der Waals surface area contributed by atoms with Gasteiger partial charge in [0.1, 0.15) is 11.6 Å². The standard InChI is InChI=1S/C14H14ClN5OS/c15-9-1-2-10-11(7-9)19-13(18-10)8-22-14-17-4-3-12(20-14)16-5-6-21/h1-4,7,21H,5-6,8H2,(H,18,19)(H,16,17,20). The first kappa shape index (κ1) is 15.1. The molecule has 3 N–H and O–H groups in total. The van der Waals surface area contributed by atoms with Crippen LogP contribution in [0.4, 0.5) is 5.82 Å². The highest BCUT2D eigenvalue weighted by Gasteiger charge is 2.06. The van der Waals surface area contributed by atoms with E-state index in [9.17, 15) is 0 Å². The van der Waals surface area contributed by atoms with E-state index < -0.39 is 0 Å². The molecule has 0 saturated carbocycles. The number of imidazole rings is 1. The number of H-pyrrole nitrogens is 1. The Morgan fingerprint density at radius 2 is 2.18 bits per heavy atom. The highest BCUT2D eigenvalue weighted by Crippen LogP contribution is 2.22. The number of fused-ring (bicyclic) bond motifs is 1. The molecule has 0 aliphatic rings. The van der Waals surface area contributed by atoms with Crippen molar-refractivity contribution in [3.8, 4) is 0 Å². The number of aromatic nitrogens is 4. The van der Waals surface area contributed by atoms with Gasteiger partial charge in [-0.25, -0.2) is 15.0 Å². The third kappa shape index (κ3) is 3.68. The molecule has 3 rings (SSSR count). The molecule has 0 unspecified atom stereocenters. The summed E-state index contributed by atoms with van der Waals surface area (Å²) >= 11 is 7.45. The predicted molar refractivity (Wildman–Crippen MR) is 88.3 cm³/mol. The fourth-order valence-corrected chi connectivity index (χ4v) is 2.80. The van der Waals surface area contributed by atoms with Gasteiger partial charge in [0, 0.05) is 17.8 Å². The molecule has 0 amide bonds. The topological polar surface area (TPSA) is 86.7 Å². The summed E-state index contributed by atoms with van der Waals surface area (Å²) in [5.41, 5.74) is 1.81. The van der Waals surface area contributed by atoms with Gasteiger partial charge >= 0.3 is 0 Å². The maximum atomic E-state index is 8.80. The van der Waals surface area contributed by atoms with Crippen LogP contribution in [0, 0.1) is 0 Å². The van der Waals surface area contributed by atoms with Gasteiger partial charge in [-0.05, 0) is 24.3 Å². The summed E-state index contributed by atoms with van der Waals surface area (Å²) in [6.45, 7) is 0.527. The first-order valence-electron chi connectivity index (χ1n) is 6.69. The molecule has 0 fully saturated rings. The number of aliphatic hydroxyl groups excluding tert-OH is 1. The summed E-state index contributed by atoms with van der Waals surface area (Å²) in [4.78, 5) is 16.3. The van der Waals surface area contributed by atoms with Crippen LogP contribution in [0.1, 0.15) is 5.82 Å².